The Morgan fingerprint density at radius 1 is 1.38 bits per heavy atom. The normalized spacial score (nSPS) is 12.8. The van der Waals surface area contributed by atoms with Crippen LogP contribution in [0.4, 0.5) is 0 Å². The van der Waals surface area contributed by atoms with Crippen molar-refractivity contribution in [2.45, 2.75) is 6.04 Å². The van der Waals surface area contributed by atoms with Crippen LogP contribution in [0.3, 0.4) is 0 Å². The number of likely N-dealkylation sites (N-methyl/N-ethyl adjacent to an activating group) is 2. The van der Waals surface area contributed by atoms with Crippen molar-refractivity contribution in [3.63, 3.8) is 0 Å². The molecule has 1 unspecified atom stereocenters. The van der Waals surface area contributed by atoms with Crippen molar-refractivity contribution in [1.82, 2.24) is 14.8 Å². The molecule has 1 heterocycles. The summed E-state index contributed by atoms with van der Waals surface area (Å²) in [6.07, 6.45) is 3.47. The first-order valence-electron chi connectivity index (χ1n) is 5.29. The molecule has 1 atom stereocenters. The second kappa shape index (κ2) is 6.21. The van der Waals surface area contributed by atoms with E-state index in [0.717, 1.165) is 18.7 Å². The van der Waals surface area contributed by atoms with E-state index in [1.165, 1.54) is 0 Å². The summed E-state index contributed by atoms with van der Waals surface area (Å²) in [6, 6.07) is 5.89. The van der Waals surface area contributed by atoms with E-state index in [1.54, 1.807) is 12.4 Å². The SMILES string of the molecule is CN(C)CCN(C)C(C#N)c1cccnc1. The molecule has 4 heteroatoms. The Hall–Kier alpha value is -1.44. The smallest absolute Gasteiger partial charge is 0.125 e. The Bertz CT molecular complexity index is 342. The van der Waals surface area contributed by atoms with E-state index in [0.29, 0.717) is 0 Å². The van der Waals surface area contributed by atoms with Crippen LogP contribution in [-0.2, 0) is 0 Å². The Balaban J connectivity index is 2.65. The highest BCUT2D eigenvalue weighted by Gasteiger charge is 2.15. The van der Waals surface area contributed by atoms with Crippen molar-refractivity contribution in [1.29, 1.82) is 5.26 Å². The highest BCUT2D eigenvalue weighted by Crippen LogP contribution is 2.16. The van der Waals surface area contributed by atoms with E-state index >= 15 is 0 Å². The third-order valence-electron chi connectivity index (χ3n) is 2.46. The van der Waals surface area contributed by atoms with Crippen LogP contribution in [0, 0.1) is 11.3 Å². The standard InChI is InChI=1S/C12H18N4/c1-15(2)7-8-16(3)12(9-13)11-5-4-6-14-10-11/h4-6,10,12H,7-8H2,1-3H3. The number of pyridine rings is 1. The molecule has 0 saturated heterocycles. The topological polar surface area (TPSA) is 43.2 Å². The first-order chi connectivity index (χ1) is 7.65. The van der Waals surface area contributed by atoms with E-state index in [1.807, 2.05) is 38.2 Å². The molecule has 0 spiro atoms. The molecule has 0 aliphatic carbocycles. The van der Waals surface area contributed by atoms with Crippen molar-refractivity contribution in [3.05, 3.63) is 30.1 Å². The highest BCUT2D eigenvalue weighted by atomic mass is 15.2. The highest BCUT2D eigenvalue weighted by molar-refractivity contribution is 5.20. The van der Waals surface area contributed by atoms with E-state index in [2.05, 4.69) is 16.0 Å². The zero-order valence-corrected chi connectivity index (χ0v) is 10.1. The summed E-state index contributed by atoms with van der Waals surface area (Å²) in [4.78, 5) is 8.19. The quantitative estimate of drug-likeness (QED) is 0.743. The fourth-order valence-electron chi connectivity index (χ4n) is 1.45. The van der Waals surface area contributed by atoms with Crippen molar-refractivity contribution in [2.24, 2.45) is 0 Å². The molecule has 4 nitrogen and oxygen atoms in total. The Labute approximate surface area is 97.1 Å². The molecule has 16 heavy (non-hydrogen) atoms. The largest absolute Gasteiger partial charge is 0.308 e. The van der Waals surface area contributed by atoms with Crippen LogP contribution in [-0.4, -0.2) is 49.0 Å². The molecule has 1 aromatic heterocycles. The van der Waals surface area contributed by atoms with Crippen molar-refractivity contribution in [2.75, 3.05) is 34.2 Å². The Morgan fingerprint density at radius 3 is 2.62 bits per heavy atom. The summed E-state index contributed by atoms with van der Waals surface area (Å²) in [5.41, 5.74) is 0.950. The zero-order chi connectivity index (χ0) is 12.0. The van der Waals surface area contributed by atoms with Gasteiger partial charge in [-0.3, -0.25) is 9.88 Å². The second-order valence-electron chi connectivity index (χ2n) is 4.10. The molecule has 0 fully saturated rings. The molecule has 0 aliphatic heterocycles. The number of aromatic nitrogens is 1. The van der Waals surface area contributed by atoms with Crippen molar-refractivity contribution < 1.29 is 0 Å². The maximum atomic E-state index is 9.18. The molecule has 0 radical (unpaired) electrons. The van der Waals surface area contributed by atoms with E-state index in [9.17, 15) is 5.26 Å². The molecular formula is C12H18N4. The Kier molecular flexibility index (Phi) is 4.90. The van der Waals surface area contributed by atoms with E-state index < -0.39 is 0 Å². The molecule has 1 rings (SSSR count). The van der Waals surface area contributed by atoms with Crippen LogP contribution in [0.5, 0.6) is 0 Å². The fraction of sp³-hybridized carbons (Fsp3) is 0.500. The lowest BCUT2D eigenvalue weighted by molar-refractivity contribution is 0.252. The lowest BCUT2D eigenvalue weighted by atomic mass is 10.1. The van der Waals surface area contributed by atoms with Crippen LogP contribution in [0.25, 0.3) is 0 Å². The average molecular weight is 218 g/mol. The molecule has 0 aliphatic rings. The number of hydrogen-bond donors (Lipinski definition) is 0. The van der Waals surface area contributed by atoms with Gasteiger partial charge in [0.25, 0.3) is 0 Å². The third-order valence-corrected chi connectivity index (χ3v) is 2.46. The van der Waals surface area contributed by atoms with Gasteiger partial charge in [-0.15, -0.1) is 0 Å². The van der Waals surface area contributed by atoms with Crippen LogP contribution in [0.15, 0.2) is 24.5 Å². The predicted molar refractivity (Wildman–Crippen MR) is 63.8 cm³/mol. The van der Waals surface area contributed by atoms with Crippen LogP contribution >= 0.6 is 0 Å². The molecule has 0 amide bonds. The van der Waals surface area contributed by atoms with Gasteiger partial charge in [0.2, 0.25) is 0 Å². The first kappa shape index (κ1) is 12.6. The van der Waals surface area contributed by atoms with Gasteiger partial charge in [-0.2, -0.15) is 5.26 Å². The van der Waals surface area contributed by atoms with Crippen molar-refractivity contribution >= 4 is 0 Å². The van der Waals surface area contributed by atoms with Gasteiger partial charge in [-0.05, 0) is 27.2 Å². The van der Waals surface area contributed by atoms with E-state index in [-0.39, 0.29) is 6.04 Å². The van der Waals surface area contributed by atoms with Gasteiger partial charge in [0.1, 0.15) is 6.04 Å². The maximum absolute atomic E-state index is 9.18. The summed E-state index contributed by atoms with van der Waals surface area (Å²) < 4.78 is 0. The summed E-state index contributed by atoms with van der Waals surface area (Å²) in [5.74, 6) is 0. The zero-order valence-electron chi connectivity index (χ0n) is 10.1. The van der Waals surface area contributed by atoms with Gasteiger partial charge in [0, 0.05) is 31.0 Å². The van der Waals surface area contributed by atoms with Gasteiger partial charge >= 0.3 is 0 Å². The molecule has 1 aromatic rings. The molecule has 0 N–H and O–H groups in total. The maximum Gasteiger partial charge on any atom is 0.125 e. The lowest BCUT2D eigenvalue weighted by Crippen LogP contribution is -2.31. The number of nitrogens with zero attached hydrogens (tertiary/aromatic N) is 4. The summed E-state index contributed by atoms with van der Waals surface area (Å²) >= 11 is 0. The second-order valence-corrected chi connectivity index (χ2v) is 4.10. The fourth-order valence-corrected chi connectivity index (χ4v) is 1.45. The van der Waals surface area contributed by atoms with Crippen LogP contribution in [0.1, 0.15) is 11.6 Å². The van der Waals surface area contributed by atoms with Gasteiger partial charge in [0.05, 0.1) is 6.07 Å². The minimum atomic E-state index is -0.214. The third kappa shape index (κ3) is 3.61. The average Bonchev–Trinajstić information content (AvgIpc) is 2.29. The first-order valence-corrected chi connectivity index (χ1v) is 5.29. The molecule has 0 bridgehead atoms. The number of nitriles is 1. The molecule has 0 aromatic carbocycles. The van der Waals surface area contributed by atoms with Crippen LogP contribution < -0.4 is 0 Å². The summed E-state index contributed by atoms with van der Waals surface area (Å²) in [5, 5.41) is 9.18. The van der Waals surface area contributed by atoms with E-state index in [4.69, 9.17) is 0 Å². The Morgan fingerprint density at radius 2 is 2.12 bits per heavy atom. The predicted octanol–water partition coefficient (Wildman–Crippen LogP) is 1.14. The monoisotopic (exact) mass is 218 g/mol. The van der Waals surface area contributed by atoms with Crippen molar-refractivity contribution in [3.8, 4) is 6.07 Å². The minimum absolute atomic E-state index is 0.214. The molecule has 0 saturated carbocycles. The van der Waals surface area contributed by atoms with Gasteiger partial charge in [-0.25, -0.2) is 0 Å². The van der Waals surface area contributed by atoms with Gasteiger partial charge in [0.15, 0.2) is 0 Å². The molecular weight excluding hydrogens is 200 g/mol. The minimum Gasteiger partial charge on any atom is -0.308 e. The van der Waals surface area contributed by atoms with Gasteiger partial charge in [-0.1, -0.05) is 6.07 Å². The van der Waals surface area contributed by atoms with Gasteiger partial charge < -0.3 is 4.90 Å². The summed E-state index contributed by atoms with van der Waals surface area (Å²) in [7, 11) is 6.02. The lowest BCUT2D eigenvalue weighted by Gasteiger charge is -2.23. The summed E-state index contributed by atoms with van der Waals surface area (Å²) in [6.45, 7) is 1.80. The van der Waals surface area contributed by atoms with Crippen LogP contribution in [0.2, 0.25) is 0 Å². The number of hydrogen-bond acceptors (Lipinski definition) is 4. The molecule has 86 valence electrons. The number of rotatable bonds is 5.